The summed E-state index contributed by atoms with van der Waals surface area (Å²) in [5, 5.41) is 0. The third-order valence-electron chi connectivity index (χ3n) is 2.36. The van der Waals surface area contributed by atoms with Crippen molar-refractivity contribution in [3.05, 3.63) is 28.5 Å². The molecule has 0 aliphatic heterocycles. The minimum absolute atomic E-state index is 0.0451. The summed E-state index contributed by atoms with van der Waals surface area (Å²) < 4.78 is 0.690. The van der Waals surface area contributed by atoms with Crippen molar-refractivity contribution in [1.82, 2.24) is 9.88 Å². The van der Waals surface area contributed by atoms with Crippen molar-refractivity contribution in [3.63, 3.8) is 0 Å². The van der Waals surface area contributed by atoms with Crippen molar-refractivity contribution < 1.29 is 4.79 Å². The van der Waals surface area contributed by atoms with Gasteiger partial charge < -0.3 is 4.90 Å². The van der Waals surface area contributed by atoms with Gasteiger partial charge in [0.2, 0.25) is 0 Å². The Hall–Kier alpha value is -0.900. The SMILES string of the molecule is CC(C)CCN(C)C(=O)c1ccnc(Br)c1. The quantitative estimate of drug-likeness (QED) is 0.797. The highest BCUT2D eigenvalue weighted by molar-refractivity contribution is 9.10. The lowest BCUT2D eigenvalue weighted by Gasteiger charge is -2.18. The summed E-state index contributed by atoms with van der Waals surface area (Å²) in [6.07, 6.45) is 2.65. The smallest absolute Gasteiger partial charge is 0.253 e. The van der Waals surface area contributed by atoms with E-state index in [2.05, 4.69) is 34.8 Å². The molecule has 0 N–H and O–H groups in total. The average molecular weight is 285 g/mol. The van der Waals surface area contributed by atoms with Gasteiger partial charge in [0.1, 0.15) is 4.60 Å². The van der Waals surface area contributed by atoms with E-state index >= 15 is 0 Å². The Kier molecular flexibility index (Phi) is 4.93. The molecular weight excluding hydrogens is 268 g/mol. The Balaban J connectivity index is 2.63. The number of hydrogen-bond donors (Lipinski definition) is 0. The lowest BCUT2D eigenvalue weighted by atomic mass is 10.1. The van der Waals surface area contributed by atoms with E-state index in [0.29, 0.717) is 16.1 Å². The molecule has 1 amide bonds. The lowest BCUT2D eigenvalue weighted by Crippen LogP contribution is -2.28. The standard InChI is InChI=1S/C12H17BrN2O/c1-9(2)5-7-15(3)12(16)10-4-6-14-11(13)8-10/h4,6,8-9H,5,7H2,1-3H3. The van der Waals surface area contributed by atoms with Crippen LogP contribution < -0.4 is 0 Å². The molecule has 0 aromatic carbocycles. The first-order valence-corrected chi connectivity index (χ1v) is 6.17. The predicted octanol–water partition coefficient (Wildman–Crippen LogP) is 2.96. The Labute approximate surface area is 105 Å². The Morgan fingerprint density at radius 3 is 2.81 bits per heavy atom. The zero-order valence-corrected chi connectivity index (χ0v) is 11.5. The molecule has 88 valence electrons. The molecule has 1 rings (SSSR count). The fourth-order valence-corrected chi connectivity index (χ4v) is 1.67. The molecule has 16 heavy (non-hydrogen) atoms. The summed E-state index contributed by atoms with van der Waals surface area (Å²) in [4.78, 5) is 17.7. The van der Waals surface area contributed by atoms with Crippen molar-refractivity contribution in [3.8, 4) is 0 Å². The van der Waals surface area contributed by atoms with E-state index in [1.54, 1.807) is 23.2 Å². The average Bonchev–Trinajstić information content (AvgIpc) is 2.24. The van der Waals surface area contributed by atoms with Gasteiger partial charge in [0.15, 0.2) is 0 Å². The number of aromatic nitrogens is 1. The van der Waals surface area contributed by atoms with Gasteiger partial charge in [0, 0.05) is 25.4 Å². The maximum absolute atomic E-state index is 12.0. The second-order valence-corrected chi connectivity index (χ2v) is 5.09. The summed E-state index contributed by atoms with van der Waals surface area (Å²) in [5.41, 5.74) is 0.674. The van der Waals surface area contributed by atoms with E-state index in [4.69, 9.17) is 0 Å². The van der Waals surface area contributed by atoms with E-state index in [1.165, 1.54) is 0 Å². The molecule has 0 bridgehead atoms. The van der Waals surface area contributed by atoms with Crippen molar-refractivity contribution in [2.24, 2.45) is 5.92 Å². The van der Waals surface area contributed by atoms with Crippen molar-refractivity contribution in [1.29, 1.82) is 0 Å². The first-order valence-electron chi connectivity index (χ1n) is 5.37. The number of halogens is 1. The van der Waals surface area contributed by atoms with Crippen LogP contribution in [0.25, 0.3) is 0 Å². The van der Waals surface area contributed by atoms with Gasteiger partial charge in [0.05, 0.1) is 0 Å². The van der Waals surface area contributed by atoms with E-state index in [1.807, 2.05) is 7.05 Å². The fourth-order valence-electron chi connectivity index (χ4n) is 1.31. The Bertz CT molecular complexity index is 366. The van der Waals surface area contributed by atoms with E-state index in [-0.39, 0.29) is 5.91 Å². The van der Waals surface area contributed by atoms with Gasteiger partial charge in [-0.3, -0.25) is 4.79 Å². The maximum atomic E-state index is 12.0. The van der Waals surface area contributed by atoms with Crippen molar-refractivity contribution in [2.45, 2.75) is 20.3 Å². The van der Waals surface area contributed by atoms with E-state index < -0.39 is 0 Å². The molecule has 0 spiro atoms. The largest absolute Gasteiger partial charge is 0.342 e. The minimum atomic E-state index is 0.0451. The van der Waals surface area contributed by atoms with Crippen LogP contribution >= 0.6 is 15.9 Å². The number of rotatable bonds is 4. The zero-order valence-electron chi connectivity index (χ0n) is 9.90. The molecule has 0 aliphatic carbocycles. The molecule has 1 heterocycles. The predicted molar refractivity (Wildman–Crippen MR) is 68.4 cm³/mol. The van der Waals surface area contributed by atoms with Crippen LogP contribution in [0, 0.1) is 5.92 Å². The first-order chi connectivity index (χ1) is 7.50. The molecule has 1 aromatic rings. The van der Waals surface area contributed by atoms with Crippen molar-refractivity contribution >= 4 is 21.8 Å². The van der Waals surface area contributed by atoms with Crippen LogP contribution in [0.3, 0.4) is 0 Å². The van der Waals surface area contributed by atoms with Crippen molar-refractivity contribution in [2.75, 3.05) is 13.6 Å². The highest BCUT2D eigenvalue weighted by Gasteiger charge is 2.12. The van der Waals surface area contributed by atoms with Crippen LogP contribution in [0.4, 0.5) is 0 Å². The fraction of sp³-hybridized carbons (Fsp3) is 0.500. The number of hydrogen-bond acceptors (Lipinski definition) is 2. The van der Waals surface area contributed by atoms with Crippen LogP contribution in [0.15, 0.2) is 22.9 Å². The molecule has 4 heteroatoms. The third kappa shape index (κ3) is 3.93. The molecule has 0 fully saturated rings. The number of carbonyl (C=O) groups is 1. The van der Waals surface area contributed by atoms with Gasteiger partial charge in [-0.15, -0.1) is 0 Å². The summed E-state index contributed by atoms with van der Waals surface area (Å²) in [7, 11) is 1.83. The van der Waals surface area contributed by atoms with Crippen LogP contribution in [0.1, 0.15) is 30.6 Å². The molecule has 0 unspecified atom stereocenters. The highest BCUT2D eigenvalue weighted by atomic mass is 79.9. The van der Waals surface area contributed by atoms with Gasteiger partial charge >= 0.3 is 0 Å². The van der Waals surface area contributed by atoms with Gasteiger partial charge in [-0.05, 0) is 40.4 Å². The monoisotopic (exact) mass is 284 g/mol. The Morgan fingerprint density at radius 1 is 1.56 bits per heavy atom. The molecule has 0 radical (unpaired) electrons. The van der Waals surface area contributed by atoms with Crippen LogP contribution in [-0.2, 0) is 0 Å². The molecule has 0 atom stereocenters. The minimum Gasteiger partial charge on any atom is -0.342 e. The zero-order chi connectivity index (χ0) is 12.1. The summed E-state index contributed by atoms with van der Waals surface area (Å²) in [6.45, 7) is 5.10. The maximum Gasteiger partial charge on any atom is 0.253 e. The number of nitrogens with zero attached hydrogens (tertiary/aromatic N) is 2. The highest BCUT2D eigenvalue weighted by Crippen LogP contribution is 2.11. The second kappa shape index (κ2) is 5.99. The molecule has 1 aromatic heterocycles. The Morgan fingerprint density at radius 2 is 2.25 bits per heavy atom. The summed E-state index contributed by atoms with van der Waals surface area (Å²) >= 11 is 3.26. The number of carbonyl (C=O) groups excluding carboxylic acids is 1. The van der Waals surface area contributed by atoms with E-state index in [9.17, 15) is 4.79 Å². The first kappa shape index (κ1) is 13.2. The molecule has 0 saturated heterocycles. The van der Waals surface area contributed by atoms with Gasteiger partial charge in [-0.1, -0.05) is 13.8 Å². The molecule has 0 aliphatic rings. The lowest BCUT2D eigenvalue weighted by molar-refractivity contribution is 0.0789. The van der Waals surface area contributed by atoms with Gasteiger partial charge in [-0.2, -0.15) is 0 Å². The second-order valence-electron chi connectivity index (χ2n) is 4.28. The van der Waals surface area contributed by atoms with Gasteiger partial charge in [-0.25, -0.2) is 4.98 Å². The van der Waals surface area contributed by atoms with Crippen LogP contribution in [0.2, 0.25) is 0 Å². The topological polar surface area (TPSA) is 33.2 Å². The normalized spacial score (nSPS) is 10.6. The van der Waals surface area contributed by atoms with E-state index in [0.717, 1.165) is 13.0 Å². The number of amides is 1. The van der Waals surface area contributed by atoms with Crippen LogP contribution in [0.5, 0.6) is 0 Å². The molecule has 0 saturated carbocycles. The van der Waals surface area contributed by atoms with Gasteiger partial charge in [0.25, 0.3) is 5.91 Å². The molecule has 3 nitrogen and oxygen atoms in total. The number of pyridine rings is 1. The summed E-state index contributed by atoms with van der Waals surface area (Å²) in [6, 6.07) is 3.48. The summed E-state index contributed by atoms with van der Waals surface area (Å²) in [5.74, 6) is 0.656. The third-order valence-corrected chi connectivity index (χ3v) is 2.80. The molecular formula is C12H17BrN2O. The van der Waals surface area contributed by atoms with Crippen LogP contribution in [-0.4, -0.2) is 29.4 Å².